The third-order valence-electron chi connectivity index (χ3n) is 12.5. The monoisotopic (exact) mass is 950 g/mol. The maximum atomic E-state index is 14.5. The van der Waals surface area contributed by atoms with Gasteiger partial charge in [-0.15, -0.1) is 0 Å². The lowest BCUT2D eigenvalue weighted by Crippen LogP contribution is -2.61. The summed E-state index contributed by atoms with van der Waals surface area (Å²) in [4.78, 5) is 123. The van der Waals surface area contributed by atoms with Gasteiger partial charge < -0.3 is 52.8 Å². The highest BCUT2D eigenvalue weighted by molar-refractivity contribution is 5.98. The number of carboxylic acid groups (broad SMARTS) is 2. The lowest BCUT2D eigenvalue weighted by atomic mass is 9.82. The molecular formula is C50H62N8O11. The Balaban J connectivity index is 1.35. The van der Waals surface area contributed by atoms with Crippen molar-refractivity contribution in [2.75, 3.05) is 0 Å². The van der Waals surface area contributed by atoms with Crippen LogP contribution in [0.3, 0.4) is 0 Å². The van der Waals surface area contributed by atoms with E-state index in [0.29, 0.717) is 24.8 Å². The van der Waals surface area contributed by atoms with E-state index in [4.69, 9.17) is 5.73 Å². The molecule has 19 heteroatoms. The normalized spacial score (nSPS) is 15.3. The van der Waals surface area contributed by atoms with Crippen molar-refractivity contribution >= 4 is 64.2 Å². The van der Waals surface area contributed by atoms with Crippen LogP contribution >= 0.6 is 0 Å². The second kappa shape index (κ2) is 23.9. The zero-order chi connectivity index (χ0) is 50.5. The number of rotatable bonds is 23. The standard InChI is InChI=1S/C50H62N8O11/c1-6-27(4)43(48(66)56-38(50(68)69)23-31-25-52-35-18-12-11-15-32(31)35)58-47(65)42(26(2)3)57-46(64)37(24-40(61)62)55-45(63)36(21-22-39(51)60)54-49(67)44(53-28(5)59)41-33-16-9-7-13-29(33)19-20-30-14-8-10-17-34(30)41/h7-18,25-27,36-38,41-44,52H,6,19-24H2,1-5H3,(H2,51,60)(H,53,59)(H,54,67)(H,55,63)(H,56,66)(H,57,64)(H,58,65)(H,61,62)(H,68,69)/t27-,36-,37-,38-,42-,43-,44-/m0/s1. The molecule has 4 aromatic rings. The zero-order valence-electron chi connectivity index (χ0n) is 39.3. The number of primary amides is 1. The SMILES string of the molecule is CC[C@H](C)[C@H](NC(=O)[C@@H](NC(=O)[C@H](CC(=O)O)NC(=O)[C@H](CCC(N)=O)NC(=O)[C@@H](NC(C)=O)C1c2ccccc2CCc2ccccc21)C(C)C)C(=O)N[C@@H](Cc1c[nH]c2ccccc12)C(=O)O. The fraction of sp³-hybridized carbons (Fsp3) is 0.420. The number of aromatic nitrogens is 1. The average molecular weight is 951 g/mol. The largest absolute Gasteiger partial charge is 0.481 e. The molecule has 7 atom stereocenters. The van der Waals surface area contributed by atoms with Crippen molar-refractivity contribution in [2.45, 2.75) is 122 Å². The number of benzene rings is 3. The molecule has 7 amide bonds. The second-order valence-corrected chi connectivity index (χ2v) is 17.8. The first kappa shape index (κ1) is 52.4. The number of H-pyrrole nitrogens is 1. The number of carbonyl (C=O) groups is 9. The topological polar surface area (TPSA) is 308 Å². The lowest BCUT2D eigenvalue weighted by Gasteiger charge is -2.31. The molecule has 5 rings (SSSR count). The van der Waals surface area contributed by atoms with Crippen LogP contribution in [0.15, 0.2) is 79.0 Å². The second-order valence-electron chi connectivity index (χ2n) is 17.8. The fourth-order valence-electron chi connectivity index (χ4n) is 8.63. The summed E-state index contributed by atoms with van der Waals surface area (Å²) in [6, 6.07) is 13.5. The van der Waals surface area contributed by atoms with E-state index in [1.807, 2.05) is 66.7 Å². The highest BCUT2D eigenvalue weighted by atomic mass is 16.4. The van der Waals surface area contributed by atoms with Crippen LogP contribution in [0.5, 0.6) is 0 Å². The van der Waals surface area contributed by atoms with E-state index in [2.05, 4.69) is 36.9 Å². The number of hydrogen-bond donors (Lipinski definition) is 10. The van der Waals surface area contributed by atoms with Crippen molar-refractivity contribution in [1.82, 2.24) is 36.9 Å². The maximum absolute atomic E-state index is 14.5. The van der Waals surface area contributed by atoms with Crippen molar-refractivity contribution in [2.24, 2.45) is 17.6 Å². The molecule has 69 heavy (non-hydrogen) atoms. The molecule has 19 nitrogen and oxygen atoms in total. The number of aromatic amines is 1. The van der Waals surface area contributed by atoms with Crippen molar-refractivity contribution < 1.29 is 53.4 Å². The molecular weight excluding hydrogens is 889 g/mol. The molecule has 0 aliphatic heterocycles. The van der Waals surface area contributed by atoms with Gasteiger partial charge in [-0.05, 0) is 65.0 Å². The van der Waals surface area contributed by atoms with Crippen LogP contribution < -0.4 is 37.6 Å². The van der Waals surface area contributed by atoms with Crippen molar-refractivity contribution in [3.05, 3.63) is 107 Å². The fourth-order valence-corrected chi connectivity index (χ4v) is 8.63. The maximum Gasteiger partial charge on any atom is 0.326 e. The number of hydrogen-bond acceptors (Lipinski definition) is 9. The number of amides is 7. The van der Waals surface area contributed by atoms with Crippen LogP contribution in [0.4, 0.5) is 0 Å². The predicted octanol–water partition coefficient (Wildman–Crippen LogP) is 2.10. The summed E-state index contributed by atoms with van der Waals surface area (Å²) in [5.74, 6) is -10.7. The Morgan fingerprint density at radius 3 is 1.77 bits per heavy atom. The minimum atomic E-state index is -1.83. The van der Waals surface area contributed by atoms with E-state index in [0.717, 1.165) is 33.2 Å². The highest BCUT2D eigenvalue weighted by Crippen LogP contribution is 2.37. The van der Waals surface area contributed by atoms with Gasteiger partial charge in [-0.3, -0.25) is 38.4 Å². The van der Waals surface area contributed by atoms with Gasteiger partial charge in [0.25, 0.3) is 0 Å². The first-order valence-corrected chi connectivity index (χ1v) is 23.0. The molecule has 0 saturated heterocycles. The molecule has 0 radical (unpaired) electrons. The van der Waals surface area contributed by atoms with Gasteiger partial charge in [0.15, 0.2) is 0 Å². The molecule has 11 N–H and O–H groups in total. The van der Waals surface area contributed by atoms with E-state index in [-0.39, 0.29) is 12.8 Å². The van der Waals surface area contributed by atoms with Crippen LogP contribution in [-0.4, -0.2) is 105 Å². The Labute approximate surface area is 399 Å². The van der Waals surface area contributed by atoms with E-state index >= 15 is 0 Å². The van der Waals surface area contributed by atoms with Crippen molar-refractivity contribution in [3.63, 3.8) is 0 Å². The number of fused-ring (bicyclic) bond motifs is 3. The summed E-state index contributed by atoms with van der Waals surface area (Å²) >= 11 is 0. The van der Waals surface area contributed by atoms with Crippen LogP contribution in [0.2, 0.25) is 0 Å². The van der Waals surface area contributed by atoms with Gasteiger partial charge in [0.1, 0.15) is 36.3 Å². The predicted molar refractivity (Wildman–Crippen MR) is 254 cm³/mol. The smallest absolute Gasteiger partial charge is 0.326 e. The van der Waals surface area contributed by atoms with Gasteiger partial charge in [0.05, 0.1) is 6.42 Å². The third-order valence-corrected chi connectivity index (χ3v) is 12.5. The lowest BCUT2D eigenvalue weighted by molar-refractivity contribution is -0.142. The molecule has 368 valence electrons. The Bertz CT molecular complexity index is 2510. The first-order chi connectivity index (χ1) is 32.8. The van der Waals surface area contributed by atoms with Gasteiger partial charge in [-0.2, -0.15) is 0 Å². The Morgan fingerprint density at radius 1 is 0.667 bits per heavy atom. The highest BCUT2D eigenvalue weighted by Gasteiger charge is 2.39. The summed E-state index contributed by atoms with van der Waals surface area (Å²) in [6.07, 6.45) is 1.52. The van der Waals surface area contributed by atoms with Gasteiger partial charge in [-0.1, -0.05) is 101 Å². The summed E-state index contributed by atoms with van der Waals surface area (Å²) in [6.45, 7) is 7.87. The third kappa shape index (κ3) is 13.8. The van der Waals surface area contributed by atoms with E-state index in [9.17, 15) is 53.4 Å². The summed E-state index contributed by atoms with van der Waals surface area (Å²) in [5.41, 5.74) is 10.3. The Kier molecular flexibility index (Phi) is 18.2. The van der Waals surface area contributed by atoms with Crippen LogP contribution in [0.1, 0.15) is 94.0 Å². The van der Waals surface area contributed by atoms with E-state index in [1.165, 1.54) is 6.92 Å². The molecule has 0 unspecified atom stereocenters. The van der Waals surface area contributed by atoms with Gasteiger partial charge >= 0.3 is 11.9 Å². The molecule has 3 aromatic carbocycles. The molecule has 1 aliphatic carbocycles. The Hall–Kier alpha value is -7.57. The number of aryl methyl sites for hydroxylation is 2. The number of aliphatic carboxylic acids is 2. The quantitative estimate of drug-likeness (QED) is 0.0514. The average Bonchev–Trinajstić information content (AvgIpc) is 3.63. The van der Waals surface area contributed by atoms with Crippen LogP contribution in [-0.2, 0) is 62.4 Å². The van der Waals surface area contributed by atoms with Crippen molar-refractivity contribution in [1.29, 1.82) is 0 Å². The molecule has 0 fully saturated rings. The molecule has 1 aromatic heterocycles. The molecule has 1 aliphatic rings. The van der Waals surface area contributed by atoms with Gasteiger partial charge in [0, 0.05) is 42.8 Å². The van der Waals surface area contributed by atoms with Gasteiger partial charge in [-0.25, -0.2) is 4.79 Å². The first-order valence-electron chi connectivity index (χ1n) is 23.0. The number of carboxylic acids is 2. The Morgan fingerprint density at radius 2 is 1.20 bits per heavy atom. The minimum absolute atomic E-state index is 0.0693. The zero-order valence-corrected chi connectivity index (χ0v) is 39.3. The number of para-hydroxylation sites is 1. The number of nitrogens with one attached hydrogen (secondary N) is 7. The van der Waals surface area contributed by atoms with E-state index < -0.39 is 120 Å². The number of carbonyl (C=O) groups excluding carboxylic acids is 7. The van der Waals surface area contributed by atoms with Gasteiger partial charge in [0.2, 0.25) is 41.4 Å². The van der Waals surface area contributed by atoms with Crippen LogP contribution in [0.25, 0.3) is 10.9 Å². The summed E-state index contributed by atoms with van der Waals surface area (Å²) < 4.78 is 0. The minimum Gasteiger partial charge on any atom is -0.481 e. The molecule has 1 heterocycles. The van der Waals surface area contributed by atoms with Crippen molar-refractivity contribution in [3.8, 4) is 0 Å². The van der Waals surface area contributed by atoms with Crippen LogP contribution in [0, 0.1) is 11.8 Å². The summed E-state index contributed by atoms with van der Waals surface area (Å²) in [5, 5.41) is 36.2. The molecule has 0 spiro atoms. The number of nitrogens with two attached hydrogens (primary N) is 1. The summed E-state index contributed by atoms with van der Waals surface area (Å²) in [7, 11) is 0. The van der Waals surface area contributed by atoms with E-state index in [1.54, 1.807) is 40.0 Å². The molecule has 0 bridgehead atoms. The molecule has 0 saturated carbocycles.